The number of amides is 1. The number of rotatable bonds is 1. The molecule has 0 spiro atoms. The third kappa shape index (κ3) is 3.88. The number of nitrogens with one attached hydrogen (secondary N) is 1. The smallest absolute Gasteiger partial charge is 0.408 e. The molecule has 2 heterocycles. The maximum Gasteiger partial charge on any atom is 0.408 e. The summed E-state index contributed by atoms with van der Waals surface area (Å²) in [4.78, 5) is 13.6. The zero-order valence-electron chi connectivity index (χ0n) is 12.6. The molecule has 1 aromatic rings. The average molecular weight is 361 g/mol. The summed E-state index contributed by atoms with van der Waals surface area (Å²) in [5.41, 5.74) is -0.566. The summed E-state index contributed by atoms with van der Waals surface area (Å²) in [5, 5.41) is 17.5. The summed E-state index contributed by atoms with van der Waals surface area (Å²) in [6.45, 7) is 6.00. The first kappa shape index (κ1) is 16.1. The van der Waals surface area contributed by atoms with Crippen molar-refractivity contribution >= 4 is 27.8 Å². The Balaban J connectivity index is 2.07. The maximum absolute atomic E-state index is 11.9. The van der Waals surface area contributed by atoms with Gasteiger partial charge < -0.3 is 20.1 Å². The number of aromatic nitrogens is 2. The first-order valence-corrected chi connectivity index (χ1v) is 7.60. The highest BCUT2D eigenvalue weighted by atomic mass is 79.9. The second-order valence-electron chi connectivity index (χ2n) is 6.11. The minimum atomic E-state index is -0.845. The lowest BCUT2D eigenvalue weighted by atomic mass is 10.1. The van der Waals surface area contributed by atoms with Crippen LogP contribution in [0.15, 0.2) is 10.7 Å². The van der Waals surface area contributed by atoms with Crippen LogP contribution < -0.4 is 10.2 Å². The number of aliphatic hydroxyl groups excluding tert-OH is 1. The first-order chi connectivity index (χ1) is 9.67. The molecule has 2 unspecified atom stereocenters. The number of alkyl carbamates (subject to hydrolysis) is 1. The number of aryl methyl sites for hydroxylation is 1. The van der Waals surface area contributed by atoms with Crippen LogP contribution in [0.4, 0.5) is 10.6 Å². The van der Waals surface area contributed by atoms with E-state index in [1.807, 2.05) is 6.07 Å². The van der Waals surface area contributed by atoms with Crippen molar-refractivity contribution in [3.63, 3.8) is 0 Å². The number of carbonyl (C=O) groups is 1. The van der Waals surface area contributed by atoms with E-state index in [2.05, 4.69) is 26.3 Å². The zero-order valence-corrected chi connectivity index (χ0v) is 14.2. The van der Waals surface area contributed by atoms with E-state index in [1.54, 1.807) is 37.4 Å². The molecular formula is C13H21BrN4O3. The Morgan fingerprint density at radius 2 is 2.24 bits per heavy atom. The fraction of sp³-hybridized carbons (Fsp3) is 0.692. The van der Waals surface area contributed by atoms with Crippen LogP contribution in [0.1, 0.15) is 27.2 Å². The minimum Gasteiger partial charge on any atom is -0.444 e. The third-order valence-corrected chi connectivity index (χ3v) is 3.59. The molecule has 2 N–H and O–H groups in total. The van der Waals surface area contributed by atoms with Gasteiger partial charge in [-0.25, -0.2) is 9.48 Å². The molecule has 118 valence electrons. The molecule has 0 aliphatic carbocycles. The highest BCUT2D eigenvalue weighted by Crippen LogP contribution is 2.25. The second kappa shape index (κ2) is 5.84. The average Bonchev–Trinajstić information content (AvgIpc) is 2.67. The lowest BCUT2D eigenvalue weighted by Crippen LogP contribution is -2.51. The number of fused-ring (bicyclic) bond motifs is 1. The summed E-state index contributed by atoms with van der Waals surface area (Å²) < 4.78 is 7.75. The van der Waals surface area contributed by atoms with Gasteiger partial charge in [0.2, 0.25) is 0 Å². The summed E-state index contributed by atoms with van der Waals surface area (Å²) in [7, 11) is 1.76. The number of anilines is 1. The summed E-state index contributed by atoms with van der Waals surface area (Å²) in [6.07, 6.45) is -0.811. The number of aliphatic hydroxyl groups is 1. The van der Waals surface area contributed by atoms with Crippen LogP contribution in [-0.2, 0) is 11.3 Å². The van der Waals surface area contributed by atoms with E-state index in [1.165, 1.54) is 0 Å². The van der Waals surface area contributed by atoms with Crippen molar-refractivity contribution in [1.29, 1.82) is 0 Å². The molecule has 1 aliphatic heterocycles. The fourth-order valence-corrected chi connectivity index (χ4v) is 2.64. The molecule has 0 aromatic carbocycles. The maximum atomic E-state index is 11.9. The topological polar surface area (TPSA) is 79.6 Å². The molecule has 2 atom stereocenters. The Morgan fingerprint density at radius 3 is 2.86 bits per heavy atom. The van der Waals surface area contributed by atoms with Gasteiger partial charge in [-0.15, -0.1) is 0 Å². The lowest BCUT2D eigenvalue weighted by molar-refractivity contribution is 0.0419. The highest BCUT2D eigenvalue weighted by molar-refractivity contribution is 9.10. The summed E-state index contributed by atoms with van der Waals surface area (Å²) in [6, 6.07) is 1.41. The Morgan fingerprint density at radius 1 is 1.57 bits per heavy atom. The lowest BCUT2D eigenvalue weighted by Gasteiger charge is -2.30. The van der Waals surface area contributed by atoms with E-state index in [0.29, 0.717) is 13.0 Å². The number of nitrogens with zero attached hydrogens (tertiary/aromatic N) is 3. The molecule has 8 heteroatoms. The van der Waals surface area contributed by atoms with E-state index in [0.717, 1.165) is 10.4 Å². The van der Waals surface area contributed by atoms with Crippen molar-refractivity contribution in [1.82, 2.24) is 15.1 Å². The molecule has 0 saturated heterocycles. The van der Waals surface area contributed by atoms with Gasteiger partial charge in [0, 0.05) is 19.7 Å². The molecule has 1 aliphatic rings. The van der Waals surface area contributed by atoms with Gasteiger partial charge in [0.25, 0.3) is 0 Å². The van der Waals surface area contributed by atoms with Crippen molar-refractivity contribution in [2.75, 3.05) is 11.9 Å². The number of carbonyl (C=O) groups excluding carboxylic acids is 1. The largest absolute Gasteiger partial charge is 0.444 e. The van der Waals surface area contributed by atoms with Gasteiger partial charge in [-0.1, -0.05) is 0 Å². The summed E-state index contributed by atoms with van der Waals surface area (Å²) in [5.74, 6) is 0.794. The quantitative estimate of drug-likeness (QED) is 0.796. The number of hydrogen-bond acceptors (Lipinski definition) is 5. The number of likely N-dealkylation sites (N-methyl/N-ethyl adjacent to an activating group) is 1. The van der Waals surface area contributed by atoms with Gasteiger partial charge in [0.1, 0.15) is 22.3 Å². The van der Waals surface area contributed by atoms with E-state index in [-0.39, 0.29) is 0 Å². The monoisotopic (exact) mass is 360 g/mol. The van der Waals surface area contributed by atoms with Crippen LogP contribution in [0, 0.1) is 0 Å². The van der Waals surface area contributed by atoms with Gasteiger partial charge in [-0.3, -0.25) is 0 Å². The molecule has 2 rings (SSSR count). The van der Waals surface area contributed by atoms with Gasteiger partial charge in [-0.05, 0) is 43.1 Å². The number of halogens is 1. The van der Waals surface area contributed by atoms with Gasteiger partial charge >= 0.3 is 6.09 Å². The van der Waals surface area contributed by atoms with Crippen LogP contribution in [0.5, 0.6) is 0 Å². The van der Waals surface area contributed by atoms with E-state index in [9.17, 15) is 9.90 Å². The van der Waals surface area contributed by atoms with E-state index >= 15 is 0 Å². The van der Waals surface area contributed by atoms with E-state index < -0.39 is 24.0 Å². The third-order valence-electron chi connectivity index (χ3n) is 3.20. The van der Waals surface area contributed by atoms with Gasteiger partial charge in [0.15, 0.2) is 0 Å². The second-order valence-corrected chi connectivity index (χ2v) is 6.93. The van der Waals surface area contributed by atoms with Crippen LogP contribution in [0.3, 0.4) is 0 Å². The minimum absolute atomic E-state index is 0.426. The molecular weight excluding hydrogens is 340 g/mol. The standard InChI is InChI=1S/C13H21BrN4O3/c1-13(2,3)21-12(20)15-8-5-6-18-10(7-9(14)16-18)17(4)11(8)19/h7-8,11,19H,5-6H2,1-4H3,(H,15,20). The molecule has 21 heavy (non-hydrogen) atoms. The van der Waals surface area contributed by atoms with Gasteiger partial charge in [-0.2, -0.15) is 5.10 Å². The molecule has 0 fully saturated rings. The number of hydrogen-bond donors (Lipinski definition) is 2. The predicted octanol–water partition coefficient (Wildman–Crippen LogP) is 1.70. The Kier molecular flexibility index (Phi) is 4.48. The molecule has 0 saturated carbocycles. The highest BCUT2D eigenvalue weighted by Gasteiger charge is 2.31. The van der Waals surface area contributed by atoms with E-state index in [4.69, 9.17) is 4.74 Å². The van der Waals surface area contributed by atoms with Crippen molar-refractivity contribution < 1.29 is 14.6 Å². The number of ether oxygens (including phenoxy) is 1. The van der Waals surface area contributed by atoms with Crippen LogP contribution in [0.25, 0.3) is 0 Å². The Hall–Kier alpha value is -1.28. The van der Waals surface area contributed by atoms with Crippen LogP contribution >= 0.6 is 15.9 Å². The normalized spacial score (nSPS) is 22.5. The summed E-state index contributed by atoms with van der Waals surface area (Å²) >= 11 is 3.32. The molecule has 1 amide bonds. The molecule has 1 aromatic heterocycles. The van der Waals surface area contributed by atoms with Crippen molar-refractivity contribution in [3.8, 4) is 0 Å². The molecule has 7 nitrogen and oxygen atoms in total. The predicted molar refractivity (Wildman–Crippen MR) is 82.1 cm³/mol. The van der Waals surface area contributed by atoms with Crippen LogP contribution in [-0.4, -0.2) is 45.9 Å². The first-order valence-electron chi connectivity index (χ1n) is 6.81. The SMILES string of the molecule is CN1c2cc(Br)nn2CCC(NC(=O)OC(C)(C)C)C1O. The van der Waals surface area contributed by atoms with Gasteiger partial charge in [0.05, 0.1) is 6.04 Å². The Labute approximate surface area is 132 Å². The molecule has 0 radical (unpaired) electrons. The van der Waals surface area contributed by atoms with Crippen LogP contribution in [0.2, 0.25) is 0 Å². The molecule has 0 bridgehead atoms. The zero-order chi connectivity index (χ0) is 15.8. The Bertz CT molecular complexity index is 526. The fourth-order valence-electron chi connectivity index (χ4n) is 2.25. The van der Waals surface area contributed by atoms with Crippen molar-refractivity contribution in [3.05, 3.63) is 10.7 Å². The van der Waals surface area contributed by atoms with Crippen molar-refractivity contribution in [2.45, 2.75) is 51.6 Å². The van der Waals surface area contributed by atoms with Crippen molar-refractivity contribution in [2.24, 2.45) is 0 Å².